The Bertz CT molecular complexity index is 797. The van der Waals surface area contributed by atoms with E-state index in [0.717, 1.165) is 0 Å². The molecule has 202 valence electrons. The predicted octanol–water partition coefficient (Wildman–Crippen LogP) is 7.32. The van der Waals surface area contributed by atoms with Crippen molar-refractivity contribution < 1.29 is 22.4 Å². The topological polar surface area (TPSA) is 46.2 Å². The Morgan fingerprint density at radius 3 is 1.57 bits per heavy atom. The van der Waals surface area contributed by atoms with E-state index in [4.69, 9.17) is 22.4 Å². The molecule has 1 heterocycles. The van der Waals surface area contributed by atoms with E-state index in [2.05, 4.69) is 110 Å². The van der Waals surface area contributed by atoms with Gasteiger partial charge in [-0.1, -0.05) is 29.5 Å². The van der Waals surface area contributed by atoms with Crippen LogP contribution in [0.2, 0.25) is 78.6 Å². The minimum atomic E-state index is -1.92. The molecule has 0 aromatic heterocycles. The van der Waals surface area contributed by atoms with Crippen LogP contribution in [0.1, 0.15) is 5.56 Å². The summed E-state index contributed by atoms with van der Waals surface area (Å²) in [6.07, 6.45) is -0.851. The van der Waals surface area contributed by atoms with E-state index < -0.39 is 33.3 Å². The summed E-state index contributed by atoms with van der Waals surface area (Å²) in [5, 5.41) is 0. The highest BCUT2D eigenvalue weighted by molar-refractivity contribution is 7.99. The molecule has 1 aromatic rings. The third kappa shape index (κ3) is 11.7. The Morgan fingerprint density at radius 2 is 1.11 bits per heavy atom. The van der Waals surface area contributed by atoms with Crippen molar-refractivity contribution in [3.05, 3.63) is 29.8 Å². The number of benzene rings is 1. The van der Waals surface area contributed by atoms with E-state index >= 15 is 0 Å². The first kappa shape index (κ1) is 31.5. The fraction of sp³-hybridized carbons (Fsp3) is 0.760. The maximum Gasteiger partial charge on any atom is 0.184 e. The number of rotatable bonds is 11. The molecule has 1 aliphatic rings. The van der Waals surface area contributed by atoms with Gasteiger partial charge >= 0.3 is 0 Å². The summed E-state index contributed by atoms with van der Waals surface area (Å²) in [5.74, 6) is 0. The summed E-state index contributed by atoms with van der Waals surface area (Å²) in [5.41, 5.74) is 1.04. The quantitative estimate of drug-likeness (QED) is 0.258. The first-order valence-electron chi connectivity index (χ1n) is 12.8. The van der Waals surface area contributed by atoms with Crippen molar-refractivity contribution in [2.75, 3.05) is 6.61 Å². The lowest BCUT2D eigenvalue weighted by Gasteiger charge is -2.51. The molecule has 0 amide bonds. The first-order valence-corrected chi connectivity index (χ1v) is 27.3. The van der Waals surface area contributed by atoms with Gasteiger partial charge in [-0.15, -0.1) is 0 Å². The van der Waals surface area contributed by atoms with Gasteiger partial charge in [0.05, 0.1) is 6.61 Å². The molecule has 2 rings (SSSR count). The van der Waals surface area contributed by atoms with Crippen LogP contribution in [-0.4, -0.2) is 69.7 Å². The van der Waals surface area contributed by atoms with Crippen molar-refractivity contribution in [3.8, 4) is 0 Å². The van der Waals surface area contributed by atoms with Gasteiger partial charge in [-0.3, -0.25) is 0 Å². The average molecular weight is 575 g/mol. The molecule has 0 aliphatic carbocycles. The molecule has 1 fully saturated rings. The fourth-order valence-electron chi connectivity index (χ4n) is 3.82. The van der Waals surface area contributed by atoms with E-state index in [1.54, 1.807) is 11.8 Å². The third-order valence-corrected chi connectivity index (χ3v) is 10.1. The van der Waals surface area contributed by atoms with Crippen LogP contribution >= 0.6 is 11.8 Å². The maximum absolute atomic E-state index is 6.94. The normalized spacial score (nSPS) is 26.7. The SMILES string of the molecule is Cc1ccc(S[C@@H]2O[C@H](CO[Si](C)(C)C)[C@H](O[Si](C)(C)C)[C@@H](O[Si](C)(C)C)[C@@H]2O[Si](C)(C)C)cc1. The standard InChI is InChI=1S/C25H50O5SSi4/c1-19-14-16-20(17-15-19)31-25-24(30-35(11,12)13)23(29-34(8,9)10)22(28-33(5,6)7)21(27-25)18-26-32(2,3)4/h14-17,21-25H,18H2,1-13H3/t21-,22+,23-,24+,25+/m1/s1. The lowest BCUT2D eigenvalue weighted by Crippen LogP contribution is -2.65. The van der Waals surface area contributed by atoms with Gasteiger partial charge in [0.15, 0.2) is 33.3 Å². The highest BCUT2D eigenvalue weighted by Crippen LogP contribution is 2.40. The number of ether oxygens (including phenoxy) is 1. The molecule has 1 saturated heterocycles. The molecule has 5 atom stereocenters. The van der Waals surface area contributed by atoms with Gasteiger partial charge in [0.2, 0.25) is 0 Å². The summed E-state index contributed by atoms with van der Waals surface area (Å²) in [6, 6.07) is 8.64. The molecular formula is C25H50O5SSi4. The molecule has 0 N–H and O–H groups in total. The Kier molecular flexibility index (Phi) is 10.7. The zero-order chi connectivity index (χ0) is 26.8. The van der Waals surface area contributed by atoms with Crippen LogP contribution in [0.3, 0.4) is 0 Å². The van der Waals surface area contributed by atoms with Crippen LogP contribution in [0.15, 0.2) is 29.2 Å². The van der Waals surface area contributed by atoms with Gasteiger partial charge in [-0.2, -0.15) is 0 Å². The minimum absolute atomic E-state index is 0.202. The molecule has 0 saturated carbocycles. The van der Waals surface area contributed by atoms with Crippen LogP contribution in [0.5, 0.6) is 0 Å². The van der Waals surface area contributed by atoms with Crippen LogP contribution < -0.4 is 0 Å². The second-order valence-corrected chi connectivity index (χ2v) is 32.5. The number of thioether (sulfide) groups is 1. The van der Waals surface area contributed by atoms with Crippen molar-refractivity contribution in [2.45, 2.75) is 120 Å². The summed E-state index contributed by atoms with van der Waals surface area (Å²) in [4.78, 5) is 1.17. The van der Waals surface area contributed by atoms with Crippen molar-refractivity contribution >= 4 is 45.0 Å². The maximum atomic E-state index is 6.94. The molecule has 35 heavy (non-hydrogen) atoms. The lowest BCUT2D eigenvalue weighted by molar-refractivity contribution is -0.189. The molecule has 0 spiro atoms. The van der Waals surface area contributed by atoms with Crippen molar-refractivity contribution in [1.29, 1.82) is 0 Å². The zero-order valence-corrected chi connectivity index (χ0v) is 29.2. The Labute approximate surface area is 223 Å². The van der Waals surface area contributed by atoms with E-state index in [-0.39, 0.29) is 29.9 Å². The predicted molar refractivity (Wildman–Crippen MR) is 160 cm³/mol. The smallest absolute Gasteiger partial charge is 0.184 e. The summed E-state index contributed by atoms with van der Waals surface area (Å²) < 4.78 is 33.9. The fourth-order valence-corrected chi connectivity index (χ4v) is 8.95. The summed E-state index contributed by atoms with van der Waals surface area (Å²) >= 11 is 1.73. The first-order chi connectivity index (χ1) is 15.7. The Balaban J connectivity index is 2.54. The summed E-state index contributed by atoms with van der Waals surface area (Å²) in [6.45, 7) is 29.4. The van der Waals surface area contributed by atoms with Crippen molar-refractivity contribution in [1.82, 2.24) is 0 Å². The van der Waals surface area contributed by atoms with Gasteiger partial charge in [-0.05, 0) is 97.6 Å². The third-order valence-electron chi connectivity index (χ3n) is 5.01. The van der Waals surface area contributed by atoms with E-state index in [1.807, 2.05) is 0 Å². The number of hydrogen-bond acceptors (Lipinski definition) is 6. The number of aryl methyl sites for hydroxylation is 1. The van der Waals surface area contributed by atoms with Gasteiger partial charge in [-0.25, -0.2) is 0 Å². The van der Waals surface area contributed by atoms with Gasteiger partial charge < -0.3 is 22.4 Å². The highest BCUT2D eigenvalue weighted by Gasteiger charge is 2.51. The molecule has 0 unspecified atom stereocenters. The van der Waals surface area contributed by atoms with Crippen LogP contribution in [0.4, 0.5) is 0 Å². The van der Waals surface area contributed by atoms with Crippen molar-refractivity contribution in [3.63, 3.8) is 0 Å². The second kappa shape index (κ2) is 12.0. The van der Waals surface area contributed by atoms with Gasteiger partial charge in [0, 0.05) is 4.90 Å². The Hall–Kier alpha value is 0.238. The van der Waals surface area contributed by atoms with E-state index in [0.29, 0.717) is 6.61 Å². The molecular weight excluding hydrogens is 525 g/mol. The summed E-state index contributed by atoms with van der Waals surface area (Å²) in [7, 11) is -7.49. The molecule has 1 aliphatic heterocycles. The lowest BCUT2D eigenvalue weighted by atomic mass is 10.0. The second-order valence-electron chi connectivity index (χ2n) is 13.5. The largest absolute Gasteiger partial charge is 0.415 e. The highest BCUT2D eigenvalue weighted by atomic mass is 32.2. The van der Waals surface area contributed by atoms with Crippen LogP contribution in [0, 0.1) is 6.92 Å². The van der Waals surface area contributed by atoms with Crippen LogP contribution in [-0.2, 0) is 22.4 Å². The van der Waals surface area contributed by atoms with Crippen LogP contribution in [0.25, 0.3) is 0 Å². The van der Waals surface area contributed by atoms with Crippen molar-refractivity contribution in [2.24, 2.45) is 0 Å². The average Bonchev–Trinajstić information content (AvgIpc) is 2.63. The van der Waals surface area contributed by atoms with Gasteiger partial charge in [0.1, 0.15) is 29.9 Å². The molecule has 5 nitrogen and oxygen atoms in total. The van der Waals surface area contributed by atoms with E-state index in [1.165, 1.54) is 10.5 Å². The molecule has 10 heteroatoms. The molecule has 0 radical (unpaired) electrons. The monoisotopic (exact) mass is 574 g/mol. The van der Waals surface area contributed by atoms with E-state index in [9.17, 15) is 0 Å². The van der Waals surface area contributed by atoms with Gasteiger partial charge in [0.25, 0.3) is 0 Å². The molecule has 0 bridgehead atoms. The number of hydrogen-bond donors (Lipinski definition) is 0. The minimum Gasteiger partial charge on any atom is -0.415 e. The zero-order valence-electron chi connectivity index (χ0n) is 24.4. The Morgan fingerprint density at radius 1 is 0.657 bits per heavy atom. The molecule has 1 aromatic carbocycles.